The molecule has 2 nitrogen and oxygen atoms in total. The van der Waals surface area contributed by atoms with Crippen LogP contribution in [0, 0.1) is 0 Å². The molecule has 0 radical (unpaired) electrons. The van der Waals surface area contributed by atoms with Crippen molar-refractivity contribution >= 4 is 115 Å². The fourth-order valence-electron chi connectivity index (χ4n) is 13.6. The van der Waals surface area contributed by atoms with E-state index in [-0.39, 0.29) is 18.6 Å². The average Bonchev–Trinajstić information content (AvgIpc) is 1.07. The largest absolute Gasteiger partial charge is 0.494 e. The smallest absolute Gasteiger partial charge is 0.399 e. The zero-order chi connectivity index (χ0) is 60.9. The molecule has 0 aromatic heterocycles. The maximum absolute atomic E-state index is 6.42. The molecule has 16 aromatic rings. The van der Waals surface area contributed by atoms with Crippen LogP contribution in [0.15, 0.2) is 320 Å². The highest BCUT2D eigenvalue weighted by Gasteiger charge is 2.51. The van der Waals surface area contributed by atoms with Gasteiger partial charge in [0.1, 0.15) is 0 Å². The molecule has 17 rings (SSSR count). The van der Waals surface area contributed by atoms with Gasteiger partial charge in [-0.15, -0.1) is 0 Å². The molecule has 4 heteroatoms. The molecule has 1 saturated heterocycles. The van der Waals surface area contributed by atoms with E-state index in [1.165, 1.54) is 142 Å². The fraction of sp³-hybridized carbons (Fsp3) is 0.0805. The molecule has 0 bridgehead atoms. The number of fused-ring (bicyclic) bond motifs is 10. The van der Waals surface area contributed by atoms with E-state index in [1.807, 2.05) is 0 Å². The van der Waals surface area contributed by atoms with Crippen LogP contribution in [0.2, 0.25) is 0 Å². The van der Waals surface area contributed by atoms with E-state index in [1.54, 1.807) is 0 Å². The van der Waals surface area contributed by atoms with Gasteiger partial charge in [0.15, 0.2) is 0 Å². The van der Waals surface area contributed by atoms with Crippen LogP contribution in [0.3, 0.4) is 0 Å². The Morgan fingerprint density at radius 2 is 0.560 bits per heavy atom. The summed E-state index contributed by atoms with van der Waals surface area (Å²) in [6.07, 6.45) is 0. The standard InChI is InChI=1S/C40H26.C32H29BO2.C14H9Br.CH4/c1-3-13-27(14-4-1)39-34-21-11-12-22-35(34)40(28-15-5-2-6-16-28)38-26-30(23-24-36(38)39)37-25-29-17-7-8-18-31(29)32-19-9-10-20-33(32)37;1-31(2)32(3,4)35-33(34-31)24-19-20-27-28(21-24)30(23-15-9-6-10-16-23)26-18-12-11-17-25(26)29(27)22-13-7-5-8-14-22;15-14-9-10-5-1-2-6-11(10)12-7-3-4-8-13(12)14;/h1-26H;5-21H,1-4H3;1-9H;1H4. The minimum absolute atomic E-state index is 0. The highest BCUT2D eigenvalue weighted by Crippen LogP contribution is 2.48. The lowest BCUT2D eigenvalue weighted by atomic mass is 9.76. The van der Waals surface area contributed by atoms with Crippen LogP contribution in [-0.4, -0.2) is 18.3 Å². The Kier molecular flexibility index (Phi) is 15.8. The second-order valence-corrected chi connectivity index (χ2v) is 25.4. The maximum Gasteiger partial charge on any atom is 0.494 e. The molecule has 438 valence electrons. The lowest BCUT2D eigenvalue weighted by Crippen LogP contribution is -2.41. The molecule has 0 spiro atoms. The van der Waals surface area contributed by atoms with Gasteiger partial charge < -0.3 is 9.31 Å². The summed E-state index contributed by atoms with van der Waals surface area (Å²) in [7, 11) is -0.403. The zero-order valence-electron chi connectivity index (χ0n) is 50.8. The van der Waals surface area contributed by atoms with Gasteiger partial charge in [0.05, 0.1) is 11.2 Å². The van der Waals surface area contributed by atoms with E-state index in [4.69, 9.17) is 9.31 Å². The van der Waals surface area contributed by atoms with Crippen LogP contribution in [0.4, 0.5) is 0 Å². The summed E-state index contributed by atoms with van der Waals surface area (Å²) in [5.74, 6) is 0. The van der Waals surface area contributed by atoms with Crippen molar-refractivity contribution in [2.75, 3.05) is 0 Å². The molecule has 1 fully saturated rings. The van der Waals surface area contributed by atoms with Crippen LogP contribution < -0.4 is 5.46 Å². The van der Waals surface area contributed by atoms with Crippen molar-refractivity contribution in [3.8, 4) is 55.6 Å². The number of benzene rings is 16. The molecule has 0 N–H and O–H groups in total. The summed E-state index contributed by atoms with van der Waals surface area (Å²) in [5, 5.41) is 20.4. The first-order valence-electron chi connectivity index (χ1n) is 31.1. The van der Waals surface area contributed by atoms with Crippen LogP contribution >= 0.6 is 15.9 Å². The highest BCUT2D eigenvalue weighted by molar-refractivity contribution is 9.10. The monoisotopic (exact) mass is 1230 g/mol. The lowest BCUT2D eigenvalue weighted by molar-refractivity contribution is 0.00578. The Balaban J connectivity index is 0.000000129. The van der Waals surface area contributed by atoms with Crippen molar-refractivity contribution in [2.24, 2.45) is 0 Å². The molecule has 91 heavy (non-hydrogen) atoms. The van der Waals surface area contributed by atoms with Gasteiger partial charge in [-0.25, -0.2) is 0 Å². The Bertz CT molecular complexity index is 5360. The van der Waals surface area contributed by atoms with Crippen molar-refractivity contribution in [3.05, 3.63) is 320 Å². The van der Waals surface area contributed by atoms with Crippen LogP contribution in [-0.2, 0) is 9.31 Å². The van der Waals surface area contributed by atoms with Crippen LogP contribution in [0.5, 0.6) is 0 Å². The summed E-state index contributed by atoms with van der Waals surface area (Å²) in [6, 6.07) is 113. The molecular weight excluding hydrogens is 1170 g/mol. The number of hydrogen-bond acceptors (Lipinski definition) is 2. The Morgan fingerprint density at radius 3 is 1.00 bits per heavy atom. The maximum atomic E-state index is 6.42. The molecule has 0 unspecified atom stereocenters. The van der Waals surface area contributed by atoms with Crippen molar-refractivity contribution < 1.29 is 9.31 Å². The van der Waals surface area contributed by atoms with Gasteiger partial charge in [-0.2, -0.15) is 0 Å². The summed E-state index contributed by atoms with van der Waals surface area (Å²) in [5.41, 5.74) is 12.8. The minimum Gasteiger partial charge on any atom is -0.399 e. The predicted octanol–water partition coefficient (Wildman–Crippen LogP) is 24.3. The first kappa shape index (κ1) is 58.7. The molecular formula is C87H68BBrO2. The van der Waals surface area contributed by atoms with Gasteiger partial charge in [0.2, 0.25) is 0 Å². The average molecular weight is 1240 g/mol. The van der Waals surface area contributed by atoms with Crippen molar-refractivity contribution in [1.29, 1.82) is 0 Å². The topological polar surface area (TPSA) is 18.5 Å². The summed E-state index contributed by atoms with van der Waals surface area (Å²) in [4.78, 5) is 0. The normalized spacial score (nSPS) is 13.3. The van der Waals surface area contributed by atoms with Crippen LogP contribution in [0.25, 0.3) is 142 Å². The second-order valence-electron chi connectivity index (χ2n) is 24.5. The Morgan fingerprint density at radius 1 is 0.253 bits per heavy atom. The summed E-state index contributed by atoms with van der Waals surface area (Å²) in [6.45, 7) is 8.41. The Hall–Kier alpha value is -9.94. The quantitative estimate of drug-likeness (QED) is 0.0938. The van der Waals surface area contributed by atoms with Crippen molar-refractivity contribution in [2.45, 2.75) is 46.3 Å². The molecule has 0 amide bonds. The lowest BCUT2D eigenvalue weighted by Gasteiger charge is -2.32. The van der Waals surface area contributed by atoms with E-state index in [0.29, 0.717) is 0 Å². The van der Waals surface area contributed by atoms with Gasteiger partial charge in [-0.3, -0.25) is 0 Å². The van der Waals surface area contributed by atoms with Gasteiger partial charge in [0, 0.05) is 4.47 Å². The first-order chi connectivity index (χ1) is 44.1. The van der Waals surface area contributed by atoms with Crippen molar-refractivity contribution in [3.63, 3.8) is 0 Å². The van der Waals surface area contributed by atoms with E-state index in [2.05, 4.69) is 359 Å². The molecule has 0 aliphatic carbocycles. The third-order valence-electron chi connectivity index (χ3n) is 18.6. The summed E-state index contributed by atoms with van der Waals surface area (Å²) >= 11 is 3.62. The minimum atomic E-state index is -0.403. The molecule has 0 atom stereocenters. The number of halogens is 1. The van der Waals surface area contributed by atoms with E-state index in [9.17, 15) is 0 Å². The SMILES string of the molecule is Brc1cc2ccccc2c2ccccc12.C.CC1(C)OB(c2ccc3c(-c4ccccc4)c4ccccc4c(-c4ccccc4)c3c2)OC1(C)C.c1ccc(-c2c3ccccc3c(-c3ccccc3)c3cc(-c4cc5ccccc5c5ccccc45)ccc23)cc1. The van der Waals surface area contributed by atoms with E-state index in [0.717, 1.165) is 9.94 Å². The van der Waals surface area contributed by atoms with Crippen LogP contribution in [0.1, 0.15) is 35.1 Å². The number of rotatable bonds is 6. The van der Waals surface area contributed by atoms with E-state index < -0.39 is 7.12 Å². The fourth-order valence-corrected chi connectivity index (χ4v) is 14.2. The molecule has 1 aliphatic heterocycles. The second kappa shape index (κ2) is 24.5. The molecule has 1 heterocycles. The molecule has 1 aliphatic rings. The Labute approximate surface area is 542 Å². The third-order valence-corrected chi connectivity index (χ3v) is 19.3. The zero-order valence-corrected chi connectivity index (χ0v) is 52.4. The van der Waals surface area contributed by atoms with Crippen molar-refractivity contribution in [1.82, 2.24) is 0 Å². The molecule has 0 saturated carbocycles. The van der Waals surface area contributed by atoms with Gasteiger partial charge >= 0.3 is 7.12 Å². The third kappa shape index (κ3) is 10.7. The summed E-state index contributed by atoms with van der Waals surface area (Å²) < 4.78 is 14.0. The van der Waals surface area contributed by atoms with E-state index >= 15 is 0 Å². The van der Waals surface area contributed by atoms with Gasteiger partial charge in [-0.1, -0.05) is 321 Å². The highest BCUT2D eigenvalue weighted by atomic mass is 79.9. The molecule has 16 aromatic carbocycles. The van der Waals surface area contributed by atoms with Gasteiger partial charge in [0.25, 0.3) is 0 Å². The predicted molar refractivity (Wildman–Crippen MR) is 397 cm³/mol. The first-order valence-corrected chi connectivity index (χ1v) is 31.9. The van der Waals surface area contributed by atoms with Gasteiger partial charge in [-0.05, 0) is 193 Å². The number of hydrogen-bond donors (Lipinski definition) is 0.